The molecule has 2 aromatic rings. The molecule has 0 spiro atoms. The summed E-state index contributed by atoms with van der Waals surface area (Å²) in [5, 5.41) is 0.342. The molecule has 5 heteroatoms. The Hall–Kier alpha value is -1.91. The zero-order valence-electron chi connectivity index (χ0n) is 10.6. The highest BCUT2D eigenvalue weighted by Gasteiger charge is 2.11. The minimum absolute atomic E-state index is 0.111. The van der Waals surface area contributed by atoms with E-state index in [-0.39, 0.29) is 24.8 Å². The van der Waals surface area contributed by atoms with Crippen LogP contribution < -0.4 is 5.73 Å². The Labute approximate surface area is 121 Å². The number of hydrogen-bond acceptors (Lipinski definition) is 3. The summed E-state index contributed by atoms with van der Waals surface area (Å²) in [5.41, 5.74) is 7.21. The quantitative estimate of drug-likeness (QED) is 0.678. The molecule has 0 aliphatic carbocycles. The maximum Gasteiger partial charge on any atom is 0.190 e. The fraction of sp³-hybridized carbons (Fsp3) is 0.133. The smallest absolute Gasteiger partial charge is 0.190 e. The van der Waals surface area contributed by atoms with Crippen LogP contribution in [0.3, 0.4) is 0 Å². The van der Waals surface area contributed by atoms with Gasteiger partial charge in [0.25, 0.3) is 0 Å². The van der Waals surface area contributed by atoms with E-state index in [9.17, 15) is 9.18 Å². The van der Waals surface area contributed by atoms with Crippen molar-refractivity contribution >= 4 is 23.1 Å². The van der Waals surface area contributed by atoms with E-state index in [1.54, 1.807) is 24.3 Å². The van der Waals surface area contributed by atoms with Crippen LogP contribution in [0, 0.1) is 5.82 Å². The number of rotatable bonds is 5. The van der Waals surface area contributed by atoms with Gasteiger partial charge in [-0.2, -0.15) is 0 Å². The van der Waals surface area contributed by atoms with Gasteiger partial charge in [-0.25, -0.2) is 4.39 Å². The van der Waals surface area contributed by atoms with Crippen LogP contribution in [0.15, 0.2) is 42.5 Å². The average molecular weight is 294 g/mol. The van der Waals surface area contributed by atoms with Crippen molar-refractivity contribution in [3.8, 4) is 0 Å². The van der Waals surface area contributed by atoms with Crippen LogP contribution in [0.5, 0.6) is 0 Å². The van der Waals surface area contributed by atoms with Gasteiger partial charge in [-0.1, -0.05) is 23.7 Å². The second-order valence-electron chi connectivity index (χ2n) is 4.28. The molecule has 20 heavy (non-hydrogen) atoms. The van der Waals surface area contributed by atoms with Gasteiger partial charge in [-0.15, -0.1) is 0 Å². The van der Waals surface area contributed by atoms with Gasteiger partial charge in [0.2, 0.25) is 0 Å². The number of Topliss-reactive ketones (excluding diaryl/α,β-unsaturated/α-hetero) is 1. The van der Waals surface area contributed by atoms with E-state index in [2.05, 4.69) is 0 Å². The Bertz CT molecular complexity index is 614. The van der Waals surface area contributed by atoms with Crippen molar-refractivity contribution in [3.63, 3.8) is 0 Å². The first-order valence-corrected chi connectivity index (χ1v) is 6.34. The number of ether oxygens (including phenoxy) is 1. The van der Waals surface area contributed by atoms with E-state index >= 15 is 0 Å². The highest BCUT2D eigenvalue weighted by atomic mass is 35.5. The van der Waals surface area contributed by atoms with Gasteiger partial charge in [0.15, 0.2) is 5.78 Å². The van der Waals surface area contributed by atoms with Gasteiger partial charge in [-0.3, -0.25) is 4.79 Å². The maximum absolute atomic E-state index is 12.7. The molecule has 0 saturated carbocycles. The minimum Gasteiger partial charge on any atom is -0.399 e. The molecule has 2 rings (SSSR count). The van der Waals surface area contributed by atoms with Gasteiger partial charge >= 0.3 is 0 Å². The number of carbonyl (C=O) groups excluding carboxylic acids is 1. The average Bonchev–Trinajstić information content (AvgIpc) is 2.43. The zero-order valence-corrected chi connectivity index (χ0v) is 11.4. The van der Waals surface area contributed by atoms with E-state index < -0.39 is 0 Å². The predicted octanol–water partition coefficient (Wildman–Crippen LogP) is 3.46. The SMILES string of the molecule is Nc1ccc(Cl)c(C(=O)COCc2ccc(F)cc2)c1. The number of nitrogens with two attached hydrogens (primary N) is 1. The fourth-order valence-electron chi connectivity index (χ4n) is 1.68. The predicted molar refractivity (Wildman–Crippen MR) is 76.3 cm³/mol. The van der Waals surface area contributed by atoms with Gasteiger partial charge in [0.1, 0.15) is 12.4 Å². The van der Waals surface area contributed by atoms with E-state index in [1.807, 2.05) is 0 Å². The summed E-state index contributed by atoms with van der Waals surface area (Å²) in [5.74, 6) is -0.555. The number of hydrogen-bond donors (Lipinski definition) is 1. The molecule has 0 saturated heterocycles. The summed E-state index contributed by atoms with van der Waals surface area (Å²) in [6.07, 6.45) is 0. The molecule has 3 nitrogen and oxygen atoms in total. The lowest BCUT2D eigenvalue weighted by Crippen LogP contribution is -2.10. The number of anilines is 1. The lowest BCUT2D eigenvalue weighted by atomic mass is 10.1. The summed E-state index contributed by atoms with van der Waals surface area (Å²) in [4.78, 5) is 11.9. The summed E-state index contributed by atoms with van der Waals surface area (Å²) in [6.45, 7) is 0.118. The van der Waals surface area contributed by atoms with Crippen LogP contribution >= 0.6 is 11.6 Å². The maximum atomic E-state index is 12.7. The van der Waals surface area contributed by atoms with Crippen molar-refractivity contribution in [1.82, 2.24) is 0 Å². The third kappa shape index (κ3) is 3.79. The van der Waals surface area contributed by atoms with Gasteiger partial charge < -0.3 is 10.5 Å². The largest absolute Gasteiger partial charge is 0.399 e. The van der Waals surface area contributed by atoms with Crippen LogP contribution in [-0.2, 0) is 11.3 Å². The highest BCUT2D eigenvalue weighted by Crippen LogP contribution is 2.19. The molecule has 2 N–H and O–H groups in total. The molecular formula is C15H13ClFNO2. The van der Waals surface area contributed by atoms with Gasteiger partial charge in [0, 0.05) is 11.3 Å². The minimum atomic E-state index is -0.309. The number of benzene rings is 2. The number of carbonyl (C=O) groups is 1. The summed E-state index contributed by atoms with van der Waals surface area (Å²) >= 11 is 5.93. The summed E-state index contributed by atoms with van der Waals surface area (Å²) in [7, 11) is 0. The molecule has 0 aliphatic rings. The normalized spacial score (nSPS) is 10.5. The summed E-state index contributed by atoms with van der Waals surface area (Å²) in [6, 6.07) is 10.6. The molecular weight excluding hydrogens is 281 g/mol. The highest BCUT2D eigenvalue weighted by molar-refractivity contribution is 6.34. The monoisotopic (exact) mass is 293 g/mol. The topological polar surface area (TPSA) is 52.3 Å². The number of halogens is 2. The van der Waals surface area contributed by atoms with Crippen molar-refractivity contribution in [3.05, 3.63) is 64.4 Å². The van der Waals surface area contributed by atoms with Crippen LogP contribution in [0.1, 0.15) is 15.9 Å². The van der Waals surface area contributed by atoms with E-state index in [1.165, 1.54) is 18.2 Å². The van der Waals surface area contributed by atoms with E-state index in [0.717, 1.165) is 5.56 Å². The first-order chi connectivity index (χ1) is 9.56. The molecule has 2 aromatic carbocycles. The molecule has 0 fully saturated rings. The van der Waals surface area contributed by atoms with Gasteiger partial charge in [0.05, 0.1) is 11.6 Å². The summed E-state index contributed by atoms with van der Waals surface area (Å²) < 4.78 is 18.0. The van der Waals surface area contributed by atoms with Crippen LogP contribution in [-0.4, -0.2) is 12.4 Å². The van der Waals surface area contributed by atoms with Crippen LogP contribution in [0.2, 0.25) is 5.02 Å². The van der Waals surface area contributed by atoms with E-state index in [0.29, 0.717) is 16.3 Å². The first kappa shape index (κ1) is 14.5. The fourth-order valence-corrected chi connectivity index (χ4v) is 1.90. The van der Waals surface area contributed by atoms with Crippen molar-refractivity contribution in [1.29, 1.82) is 0 Å². The van der Waals surface area contributed by atoms with Crippen molar-refractivity contribution in [2.45, 2.75) is 6.61 Å². The van der Waals surface area contributed by atoms with Crippen molar-refractivity contribution < 1.29 is 13.9 Å². The number of nitrogen functional groups attached to an aromatic ring is 1. The second kappa shape index (κ2) is 6.50. The van der Waals surface area contributed by atoms with Crippen molar-refractivity contribution in [2.75, 3.05) is 12.3 Å². The molecule has 0 bridgehead atoms. The van der Waals surface area contributed by atoms with Crippen LogP contribution in [0.4, 0.5) is 10.1 Å². The second-order valence-corrected chi connectivity index (χ2v) is 4.69. The zero-order chi connectivity index (χ0) is 14.5. The lowest BCUT2D eigenvalue weighted by molar-refractivity contribution is 0.0726. The van der Waals surface area contributed by atoms with Crippen molar-refractivity contribution in [2.24, 2.45) is 0 Å². The Morgan fingerprint density at radius 2 is 1.90 bits per heavy atom. The lowest BCUT2D eigenvalue weighted by Gasteiger charge is -2.06. The molecule has 0 amide bonds. The van der Waals surface area contributed by atoms with Gasteiger partial charge in [-0.05, 0) is 35.9 Å². The van der Waals surface area contributed by atoms with E-state index in [4.69, 9.17) is 22.1 Å². The standard InChI is InChI=1S/C15H13ClFNO2/c16-14-6-5-12(18)7-13(14)15(19)9-20-8-10-1-3-11(17)4-2-10/h1-7H,8-9,18H2. The molecule has 0 aromatic heterocycles. The third-order valence-corrected chi connectivity index (χ3v) is 3.04. The first-order valence-electron chi connectivity index (χ1n) is 5.96. The molecule has 0 heterocycles. The molecule has 104 valence electrons. The number of ketones is 1. The Morgan fingerprint density at radius 3 is 2.60 bits per heavy atom. The Morgan fingerprint density at radius 1 is 1.20 bits per heavy atom. The molecule has 0 aliphatic heterocycles. The Balaban J connectivity index is 1.92. The van der Waals surface area contributed by atoms with Crippen LogP contribution in [0.25, 0.3) is 0 Å². The Kier molecular flexibility index (Phi) is 4.71. The molecule has 0 atom stereocenters. The molecule has 0 unspecified atom stereocenters. The molecule has 0 radical (unpaired) electrons. The third-order valence-electron chi connectivity index (χ3n) is 2.71.